The minimum absolute atomic E-state index is 0.699. The molecule has 19 heavy (non-hydrogen) atoms. The molecule has 3 nitrogen and oxygen atoms in total. The van der Waals surface area contributed by atoms with Gasteiger partial charge in [-0.3, -0.25) is 5.10 Å². The lowest BCUT2D eigenvalue weighted by Crippen LogP contribution is -1.84. The van der Waals surface area contributed by atoms with Gasteiger partial charge in [-0.25, -0.2) is 0 Å². The summed E-state index contributed by atoms with van der Waals surface area (Å²) < 4.78 is 0. The highest BCUT2D eigenvalue weighted by atomic mass is 35.5. The molecular weight excluding hydrogens is 258 g/mol. The minimum atomic E-state index is 0.699. The van der Waals surface area contributed by atoms with Gasteiger partial charge in [0.25, 0.3) is 0 Å². The van der Waals surface area contributed by atoms with Crippen molar-refractivity contribution in [1.29, 1.82) is 0 Å². The van der Waals surface area contributed by atoms with Gasteiger partial charge in [-0.2, -0.15) is 5.10 Å². The lowest BCUT2D eigenvalue weighted by atomic mass is 10.1. The number of nitrogens with one attached hydrogen (secondary N) is 1. The summed E-state index contributed by atoms with van der Waals surface area (Å²) >= 11 is 6.17. The Morgan fingerprint density at radius 3 is 2.63 bits per heavy atom. The first-order chi connectivity index (χ1) is 9.24. The molecule has 3 aromatic rings. The normalized spacial score (nSPS) is 10.6. The number of H-pyrrole nitrogens is 1. The van der Waals surface area contributed by atoms with Crippen molar-refractivity contribution in [2.45, 2.75) is 0 Å². The van der Waals surface area contributed by atoms with E-state index in [1.54, 1.807) is 0 Å². The van der Waals surface area contributed by atoms with E-state index in [-0.39, 0.29) is 0 Å². The van der Waals surface area contributed by atoms with Gasteiger partial charge in [-0.05, 0) is 24.3 Å². The molecule has 1 aromatic heterocycles. The molecule has 0 saturated heterocycles. The number of aromatic amines is 1. The number of benzene rings is 2. The third kappa shape index (κ3) is 2.33. The summed E-state index contributed by atoms with van der Waals surface area (Å²) in [6.45, 7) is 0. The number of hydrogen-bond acceptors (Lipinski definition) is 2. The number of halogens is 1. The Morgan fingerprint density at radius 2 is 1.84 bits per heavy atom. The van der Waals surface area contributed by atoms with Crippen molar-refractivity contribution in [3.63, 3.8) is 0 Å². The molecule has 3 N–H and O–H groups in total. The fourth-order valence-electron chi connectivity index (χ4n) is 1.99. The number of rotatable bonds is 2. The van der Waals surface area contributed by atoms with Crippen LogP contribution in [0.3, 0.4) is 0 Å². The van der Waals surface area contributed by atoms with E-state index in [1.807, 2.05) is 54.6 Å². The van der Waals surface area contributed by atoms with Crippen LogP contribution < -0.4 is 5.73 Å². The summed E-state index contributed by atoms with van der Waals surface area (Å²) in [6, 6.07) is 17.3. The zero-order chi connectivity index (χ0) is 13.2. The average molecular weight is 270 g/mol. The summed E-state index contributed by atoms with van der Waals surface area (Å²) in [5, 5.41) is 8.01. The van der Waals surface area contributed by atoms with E-state index in [1.165, 1.54) is 0 Å². The second-order valence-electron chi connectivity index (χ2n) is 4.27. The topological polar surface area (TPSA) is 54.7 Å². The van der Waals surface area contributed by atoms with Gasteiger partial charge in [0.2, 0.25) is 0 Å². The van der Waals surface area contributed by atoms with E-state index in [0.29, 0.717) is 5.02 Å². The fraction of sp³-hybridized carbons (Fsp3) is 0. The van der Waals surface area contributed by atoms with Crippen molar-refractivity contribution < 1.29 is 0 Å². The van der Waals surface area contributed by atoms with Crippen LogP contribution in [0.4, 0.5) is 5.69 Å². The summed E-state index contributed by atoms with van der Waals surface area (Å²) in [4.78, 5) is 0. The Hall–Kier alpha value is -2.26. The maximum Gasteiger partial charge on any atom is 0.0927 e. The van der Waals surface area contributed by atoms with Crippen molar-refractivity contribution in [3.8, 4) is 22.5 Å². The van der Waals surface area contributed by atoms with Gasteiger partial charge >= 0.3 is 0 Å². The fourth-order valence-corrected chi connectivity index (χ4v) is 2.22. The number of nitrogens with two attached hydrogens (primary N) is 1. The van der Waals surface area contributed by atoms with E-state index in [4.69, 9.17) is 17.3 Å². The van der Waals surface area contributed by atoms with Gasteiger partial charge < -0.3 is 5.73 Å². The zero-order valence-corrected chi connectivity index (χ0v) is 10.9. The van der Waals surface area contributed by atoms with Crippen LogP contribution in [0.5, 0.6) is 0 Å². The van der Waals surface area contributed by atoms with E-state index >= 15 is 0 Å². The Morgan fingerprint density at radius 1 is 1.00 bits per heavy atom. The lowest BCUT2D eigenvalue weighted by Gasteiger charge is -1.99. The molecule has 1 heterocycles. The van der Waals surface area contributed by atoms with Crippen LogP contribution in [-0.4, -0.2) is 10.2 Å². The Kier molecular flexibility index (Phi) is 2.97. The van der Waals surface area contributed by atoms with Gasteiger partial charge in [-0.15, -0.1) is 0 Å². The van der Waals surface area contributed by atoms with Gasteiger partial charge in [-0.1, -0.05) is 41.9 Å². The van der Waals surface area contributed by atoms with Gasteiger partial charge in [0.15, 0.2) is 0 Å². The number of anilines is 1. The van der Waals surface area contributed by atoms with E-state index < -0.39 is 0 Å². The first-order valence-electron chi connectivity index (χ1n) is 5.90. The Balaban J connectivity index is 2.03. The van der Waals surface area contributed by atoms with Crippen LogP contribution in [0.15, 0.2) is 54.6 Å². The quantitative estimate of drug-likeness (QED) is 0.692. The monoisotopic (exact) mass is 269 g/mol. The number of nitrogen functional groups attached to an aromatic ring is 1. The van der Waals surface area contributed by atoms with E-state index in [9.17, 15) is 0 Å². The van der Waals surface area contributed by atoms with Crippen molar-refractivity contribution in [2.24, 2.45) is 0 Å². The second-order valence-corrected chi connectivity index (χ2v) is 4.68. The highest BCUT2D eigenvalue weighted by Gasteiger charge is 2.08. The van der Waals surface area contributed by atoms with Gasteiger partial charge in [0.05, 0.1) is 11.4 Å². The van der Waals surface area contributed by atoms with E-state index in [0.717, 1.165) is 28.2 Å². The molecule has 0 spiro atoms. The van der Waals surface area contributed by atoms with Crippen LogP contribution in [0, 0.1) is 0 Å². The lowest BCUT2D eigenvalue weighted by molar-refractivity contribution is 1.10. The molecule has 3 rings (SSSR count). The highest BCUT2D eigenvalue weighted by molar-refractivity contribution is 6.33. The molecule has 94 valence electrons. The average Bonchev–Trinajstić information content (AvgIpc) is 2.89. The first kappa shape index (κ1) is 11.8. The molecule has 0 atom stereocenters. The van der Waals surface area contributed by atoms with Crippen LogP contribution in [0.2, 0.25) is 5.02 Å². The van der Waals surface area contributed by atoms with Crippen LogP contribution in [-0.2, 0) is 0 Å². The molecule has 0 amide bonds. The minimum Gasteiger partial charge on any atom is -0.399 e. The molecule has 0 aliphatic rings. The molecule has 0 bridgehead atoms. The Bertz CT molecular complexity index is 719. The SMILES string of the molecule is Nc1cccc(-c2cc(-c3ccccc3Cl)[nH]n2)c1. The largest absolute Gasteiger partial charge is 0.399 e. The molecule has 0 aliphatic heterocycles. The van der Waals surface area contributed by atoms with Crippen molar-refractivity contribution in [1.82, 2.24) is 10.2 Å². The number of nitrogens with zero attached hydrogens (tertiary/aromatic N) is 1. The van der Waals surface area contributed by atoms with Gasteiger partial charge in [0.1, 0.15) is 0 Å². The summed E-state index contributed by atoms with van der Waals surface area (Å²) in [5.41, 5.74) is 10.2. The molecule has 2 aromatic carbocycles. The second kappa shape index (κ2) is 4.78. The molecule has 0 fully saturated rings. The van der Waals surface area contributed by atoms with Crippen molar-refractivity contribution >= 4 is 17.3 Å². The maximum absolute atomic E-state index is 6.17. The summed E-state index contributed by atoms with van der Waals surface area (Å²) in [5.74, 6) is 0. The predicted molar refractivity (Wildman–Crippen MR) is 78.9 cm³/mol. The van der Waals surface area contributed by atoms with Crippen molar-refractivity contribution in [2.75, 3.05) is 5.73 Å². The first-order valence-corrected chi connectivity index (χ1v) is 6.28. The standard InChI is InChI=1S/C15H12ClN3/c16-13-7-2-1-6-12(13)15-9-14(18-19-15)10-4-3-5-11(17)8-10/h1-9H,17H2,(H,18,19). The highest BCUT2D eigenvalue weighted by Crippen LogP contribution is 2.29. The van der Waals surface area contributed by atoms with Crippen LogP contribution in [0.1, 0.15) is 0 Å². The van der Waals surface area contributed by atoms with E-state index in [2.05, 4.69) is 10.2 Å². The summed E-state index contributed by atoms with van der Waals surface area (Å²) in [7, 11) is 0. The van der Waals surface area contributed by atoms with Gasteiger partial charge in [0, 0.05) is 21.8 Å². The molecule has 4 heteroatoms. The number of hydrogen-bond donors (Lipinski definition) is 2. The van der Waals surface area contributed by atoms with Crippen molar-refractivity contribution in [3.05, 3.63) is 59.6 Å². The predicted octanol–water partition coefficient (Wildman–Crippen LogP) is 3.98. The zero-order valence-electron chi connectivity index (χ0n) is 10.1. The molecule has 0 aliphatic carbocycles. The summed E-state index contributed by atoms with van der Waals surface area (Å²) in [6.07, 6.45) is 0. The molecule has 0 unspecified atom stereocenters. The Labute approximate surface area is 116 Å². The molecule has 0 radical (unpaired) electrons. The molecular formula is C15H12ClN3. The van der Waals surface area contributed by atoms with Crippen LogP contribution in [0.25, 0.3) is 22.5 Å². The van der Waals surface area contributed by atoms with Crippen LogP contribution >= 0.6 is 11.6 Å². The third-order valence-corrected chi connectivity index (χ3v) is 3.25. The smallest absolute Gasteiger partial charge is 0.0927 e. The number of aromatic nitrogens is 2. The maximum atomic E-state index is 6.17. The molecule has 0 saturated carbocycles. The third-order valence-electron chi connectivity index (χ3n) is 2.92.